The number of rotatable bonds is 6. The molecule has 0 heterocycles. The van der Waals surface area contributed by atoms with Gasteiger partial charge >= 0.3 is 0 Å². The second kappa shape index (κ2) is 5.63. The van der Waals surface area contributed by atoms with Crippen LogP contribution in [0, 0.1) is 5.82 Å². The van der Waals surface area contributed by atoms with Crippen molar-refractivity contribution in [2.24, 2.45) is 11.5 Å². The molecule has 1 atom stereocenters. The highest BCUT2D eigenvalue weighted by Gasteiger charge is 2.24. The summed E-state index contributed by atoms with van der Waals surface area (Å²) in [5, 5.41) is 0. The summed E-state index contributed by atoms with van der Waals surface area (Å²) in [5.74, 6) is -0.246. The molecular weight excluding hydrogens is 223 g/mol. The number of amides is 1. The third kappa shape index (κ3) is 4.40. The highest BCUT2D eigenvalue weighted by atomic mass is 19.1. The Morgan fingerprint density at radius 1 is 1.41 bits per heavy atom. The quantitative estimate of drug-likeness (QED) is 0.733. The number of hydrogen-bond donors (Lipinski definition) is 2. The van der Waals surface area contributed by atoms with Gasteiger partial charge in [-0.05, 0) is 44.0 Å². The van der Waals surface area contributed by atoms with E-state index in [1.165, 1.54) is 12.1 Å². The highest BCUT2D eigenvalue weighted by Crippen LogP contribution is 2.13. The molecule has 1 unspecified atom stereocenters. The lowest BCUT2D eigenvalue weighted by Gasteiger charge is -2.20. The molecule has 0 spiro atoms. The predicted octanol–water partition coefficient (Wildman–Crippen LogP) is 1.19. The average molecular weight is 240 g/mol. The number of carbonyl (C=O) groups excluding carboxylic acids is 1. The van der Waals surface area contributed by atoms with Gasteiger partial charge < -0.3 is 16.2 Å². The molecule has 5 heteroatoms. The fourth-order valence-electron chi connectivity index (χ4n) is 1.28. The Labute approximate surface area is 99.7 Å². The van der Waals surface area contributed by atoms with Crippen LogP contribution in [-0.2, 0) is 4.79 Å². The van der Waals surface area contributed by atoms with Crippen molar-refractivity contribution in [3.05, 3.63) is 30.1 Å². The molecule has 1 aromatic rings. The van der Waals surface area contributed by atoms with Gasteiger partial charge in [0.25, 0.3) is 0 Å². The molecule has 0 bridgehead atoms. The normalized spacial score (nSPS) is 14.1. The Morgan fingerprint density at radius 2 is 2.00 bits per heavy atom. The van der Waals surface area contributed by atoms with Crippen LogP contribution in [0.3, 0.4) is 0 Å². The van der Waals surface area contributed by atoms with Crippen LogP contribution in [0.2, 0.25) is 0 Å². The van der Waals surface area contributed by atoms with E-state index < -0.39 is 11.4 Å². The summed E-state index contributed by atoms with van der Waals surface area (Å²) in [6, 6.07) is 5.74. The molecule has 94 valence electrons. The first-order valence-corrected chi connectivity index (χ1v) is 5.39. The Morgan fingerprint density at radius 3 is 2.53 bits per heavy atom. The molecule has 17 heavy (non-hydrogen) atoms. The third-order valence-electron chi connectivity index (χ3n) is 2.49. The second-order valence-corrected chi connectivity index (χ2v) is 4.19. The van der Waals surface area contributed by atoms with Crippen LogP contribution in [0.15, 0.2) is 24.3 Å². The number of primary amides is 1. The number of carbonyl (C=O) groups is 1. The number of halogens is 1. The van der Waals surface area contributed by atoms with E-state index in [4.69, 9.17) is 16.2 Å². The van der Waals surface area contributed by atoms with Gasteiger partial charge in [0.05, 0.1) is 12.1 Å². The van der Waals surface area contributed by atoms with Crippen molar-refractivity contribution in [2.75, 3.05) is 6.61 Å². The van der Waals surface area contributed by atoms with Gasteiger partial charge in [-0.1, -0.05) is 0 Å². The van der Waals surface area contributed by atoms with Crippen molar-refractivity contribution >= 4 is 5.91 Å². The smallest absolute Gasteiger partial charge is 0.237 e. The van der Waals surface area contributed by atoms with Gasteiger partial charge in [0.1, 0.15) is 11.6 Å². The molecule has 4 nitrogen and oxygen atoms in total. The molecule has 4 N–H and O–H groups in total. The summed E-state index contributed by atoms with van der Waals surface area (Å²) in [7, 11) is 0. The topological polar surface area (TPSA) is 78.3 Å². The number of ether oxygens (including phenoxy) is 1. The molecule has 0 radical (unpaired) electrons. The summed E-state index contributed by atoms with van der Waals surface area (Å²) in [6.07, 6.45) is 1.05. The summed E-state index contributed by atoms with van der Waals surface area (Å²) in [6.45, 7) is 2.00. The van der Waals surface area contributed by atoms with Crippen LogP contribution in [0.4, 0.5) is 4.39 Å². The van der Waals surface area contributed by atoms with Crippen molar-refractivity contribution in [3.63, 3.8) is 0 Å². The lowest BCUT2D eigenvalue weighted by Crippen LogP contribution is -2.49. The molecule has 1 amide bonds. The van der Waals surface area contributed by atoms with Gasteiger partial charge in [0.2, 0.25) is 5.91 Å². The fourth-order valence-corrected chi connectivity index (χ4v) is 1.28. The molecule has 1 rings (SSSR count). The van der Waals surface area contributed by atoms with Gasteiger partial charge in [-0.2, -0.15) is 0 Å². The van der Waals surface area contributed by atoms with Crippen LogP contribution in [0.5, 0.6) is 5.75 Å². The number of nitrogens with two attached hydrogens (primary N) is 2. The summed E-state index contributed by atoms with van der Waals surface area (Å²) in [4.78, 5) is 10.9. The summed E-state index contributed by atoms with van der Waals surface area (Å²) >= 11 is 0. The Balaban J connectivity index is 2.29. The van der Waals surface area contributed by atoms with Crippen molar-refractivity contribution < 1.29 is 13.9 Å². The third-order valence-corrected chi connectivity index (χ3v) is 2.49. The standard InChI is InChI=1S/C12H17FN2O2/c1-12(15,11(14)16)7-2-8-17-10-5-3-9(13)4-6-10/h3-6H,2,7-8,15H2,1H3,(H2,14,16). The monoisotopic (exact) mass is 240 g/mol. The molecule has 0 aromatic heterocycles. The minimum absolute atomic E-state index is 0.305. The lowest BCUT2D eigenvalue weighted by atomic mass is 9.97. The fraction of sp³-hybridized carbons (Fsp3) is 0.417. The second-order valence-electron chi connectivity index (χ2n) is 4.19. The Bertz CT molecular complexity index is 377. The first-order chi connectivity index (χ1) is 7.92. The largest absolute Gasteiger partial charge is 0.494 e. The van der Waals surface area contributed by atoms with Crippen molar-refractivity contribution in [3.8, 4) is 5.75 Å². The lowest BCUT2D eigenvalue weighted by molar-refractivity contribution is -0.122. The molecule has 0 saturated carbocycles. The predicted molar refractivity (Wildman–Crippen MR) is 62.9 cm³/mol. The van der Waals surface area contributed by atoms with Crippen LogP contribution in [-0.4, -0.2) is 18.1 Å². The van der Waals surface area contributed by atoms with E-state index in [1.54, 1.807) is 19.1 Å². The first-order valence-electron chi connectivity index (χ1n) is 5.39. The SMILES string of the molecule is CC(N)(CCCOc1ccc(F)cc1)C(N)=O. The van der Waals surface area contributed by atoms with Crippen LogP contribution in [0.1, 0.15) is 19.8 Å². The molecule has 0 saturated heterocycles. The molecule has 0 fully saturated rings. The molecule has 0 aliphatic rings. The van der Waals surface area contributed by atoms with Crippen LogP contribution in [0.25, 0.3) is 0 Å². The van der Waals surface area contributed by atoms with E-state index in [2.05, 4.69) is 0 Å². The molecule has 0 aliphatic carbocycles. The van der Waals surface area contributed by atoms with Crippen molar-refractivity contribution in [1.29, 1.82) is 0 Å². The summed E-state index contributed by atoms with van der Waals surface area (Å²) < 4.78 is 18.0. The zero-order valence-corrected chi connectivity index (χ0v) is 9.78. The average Bonchev–Trinajstić information content (AvgIpc) is 2.26. The van der Waals surface area contributed by atoms with Crippen molar-refractivity contribution in [2.45, 2.75) is 25.3 Å². The Kier molecular flexibility index (Phi) is 4.45. The van der Waals surface area contributed by atoms with Crippen molar-refractivity contribution in [1.82, 2.24) is 0 Å². The first kappa shape index (κ1) is 13.4. The van der Waals surface area contributed by atoms with Crippen LogP contribution >= 0.6 is 0 Å². The van der Waals surface area contributed by atoms with E-state index in [9.17, 15) is 9.18 Å². The van der Waals surface area contributed by atoms with Gasteiger partial charge in [0, 0.05) is 0 Å². The van der Waals surface area contributed by atoms with E-state index >= 15 is 0 Å². The van der Waals surface area contributed by atoms with Gasteiger partial charge in [-0.25, -0.2) is 4.39 Å². The van der Waals surface area contributed by atoms with Gasteiger partial charge in [-0.3, -0.25) is 4.79 Å². The van der Waals surface area contributed by atoms with E-state index in [0.29, 0.717) is 25.2 Å². The highest BCUT2D eigenvalue weighted by molar-refractivity contribution is 5.83. The maximum absolute atomic E-state index is 12.6. The van der Waals surface area contributed by atoms with Gasteiger partial charge in [0.15, 0.2) is 0 Å². The zero-order chi connectivity index (χ0) is 12.9. The number of benzene rings is 1. The minimum atomic E-state index is -1.01. The van der Waals surface area contributed by atoms with E-state index in [-0.39, 0.29) is 5.82 Å². The molecule has 1 aromatic carbocycles. The van der Waals surface area contributed by atoms with E-state index in [0.717, 1.165) is 0 Å². The number of hydrogen-bond acceptors (Lipinski definition) is 3. The maximum atomic E-state index is 12.6. The van der Waals surface area contributed by atoms with E-state index in [1.807, 2.05) is 0 Å². The zero-order valence-electron chi connectivity index (χ0n) is 9.78. The minimum Gasteiger partial charge on any atom is -0.494 e. The summed E-state index contributed by atoms with van der Waals surface area (Å²) in [5.41, 5.74) is 9.81. The van der Waals surface area contributed by atoms with Gasteiger partial charge in [-0.15, -0.1) is 0 Å². The Hall–Kier alpha value is -1.62. The maximum Gasteiger partial charge on any atom is 0.237 e. The molecular formula is C12H17FN2O2. The van der Waals surface area contributed by atoms with Crippen LogP contribution < -0.4 is 16.2 Å². The molecule has 0 aliphatic heterocycles.